The zero-order valence-electron chi connectivity index (χ0n) is 10.6. The molecular weight excluding hydrogens is 274 g/mol. The van der Waals surface area contributed by atoms with E-state index in [0.717, 1.165) is 11.1 Å². The van der Waals surface area contributed by atoms with Gasteiger partial charge in [0.1, 0.15) is 10.7 Å². The summed E-state index contributed by atoms with van der Waals surface area (Å²) in [5, 5.41) is 2.72. The third-order valence-electron chi connectivity index (χ3n) is 2.68. The Hall–Kier alpha value is -2.47. The minimum Gasteiger partial charge on any atom is -0.389 e. The van der Waals surface area contributed by atoms with Crippen LogP contribution in [0.25, 0.3) is 0 Å². The van der Waals surface area contributed by atoms with Gasteiger partial charge in [-0.15, -0.1) is 0 Å². The van der Waals surface area contributed by atoms with Gasteiger partial charge in [0.05, 0.1) is 0 Å². The maximum absolute atomic E-state index is 11.9. The van der Waals surface area contributed by atoms with Crippen molar-refractivity contribution in [1.29, 1.82) is 0 Å². The van der Waals surface area contributed by atoms with Crippen molar-refractivity contribution in [3.8, 4) is 0 Å². The zero-order chi connectivity index (χ0) is 14.5. The van der Waals surface area contributed by atoms with Gasteiger partial charge in [0, 0.05) is 18.2 Å². The minimum atomic E-state index is -0.344. The highest BCUT2D eigenvalue weighted by Crippen LogP contribution is 2.05. The lowest BCUT2D eigenvalue weighted by Crippen LogP contribution is -2.25. The molecule has 0 radical (unpaired) electrons. The lowest BCUT2D eigenvalue weighted by atomic mass is 10.1. The number of amides is 1. The first kappa shape index (κ1) is 14.0. The molecule has 4 N–H and O–H groups in total. The fraction of sp³-hybridized carbons (Fsp3) is 0.0714. The number of thiocarbonyl (C=S) groups is 1. The highest BCUT2D eigenvalue weighted by molar-refractivity contribution is 7.80. The summed E-state index contributed by atoms with van der Waals surface area (Å²) in [4.78, 5) is 25.8. The molecule has 0 fully saturated rings. The normalized spacial score (nSPS) is 10.0. The molecule has 1 aromatic carbocycles. The first-order valence-electron chi connectivity index (χ1n) is 5.92. The Morgan fingerprint density at radius 1 is 1.25 bits per heavy atom. The fourth-order valence-electron chi connectivity index (χ4n) is 1.69. The van der Waals surface area contributed by atoms with Crippen LogP contribution in [0.2, 0.25) is 0 Å². The maximum Gasteiger partial charge on any atom is 0.268 e. The number of benzene rings is 1. The highest BCUT2D eigenvalue weighted by atomic mass is 32.1. The average molecular weight is 287 g/mol. The number of carbonyl (C=O) groups excluding carboxylic acids is 1. The fourth-order valence-corrected chi connectivity index (χ4v) is 1.82. The van der Waals surface area contributed by atoms with E-state index in [2.05, 4.69) is 10.3 Å². The summed E-state index contributed by atoms with van der Waals surface area (Å²) < 4.78 is 0. The van der Waals surface area contributed by atoms with Crippen LogP contribution in [-0.2, 0) is 6.54 Å². The largest absolute Gasteiger partial charge is 0.389 e. The SMILES string of the molecule is NC(=S)c1cccc(CNC(=O)c2cccc(=O)[nH]2)c1. The molecule has 0 saturated heterocycles. The second kappa shape index (κ2) is 6.12. The molecule has 20 heavy (non-hydrogen) atoms. The van der Waals surface area contributed by atoms with Crippen LogP contribution < -0.4 is 16.6 Å². The summed E-state index contributed by atoms with van der Waals surface area (Å²) in [7, 11) is 0. The Morgan fingerprint density at radius 2 is 2.00 bits per heavy atom. The van der Waals surface area contributed by atoms with E-state index in [9.17, 15) is 9.59 Å². The van der Waals surface area contributed by atoms with Gasteiger partial charge in [0.2, 0.25) is 5.56 Å². The summed E-state index contributed by atoms with van der Waals surface area (Å²) in [5.74, 6) is -0.344. The van der Waals surface area contributed by atoms with Crippen molar-refractivity contribution in [3.05, 3.63) is 69.6 Å². The summed E-state index contributed by atoms with van der Waals surface area (Å²) in [6.07, 6.45) is 0. The number of aromatic amines is 1. The molecule has 6 heteroatoms. The predicted octanol–water partition coefficient (Wildman–Crippen LogP) is 0.939. The van der Waals surface area contributed by atoms with E-state index in [4.69, 9.17) is 18.0 Å². The molecule has 0 aliphatic heterocycles. The van der Waals surface area contributed by atoms with Gasteiger partial charge in [-0.2, -0.15) is 0 Å². The van der Waals surface area contributed by atoms with Crippen LogP contribution in [0.15, 0.2) is 47.3 Å². The highest BCUT2D eigenvalue weighted by Gasteiger charge is 2.06. The molecule has 0 aliphatic carbocycles. The molecular formula is C14H13N3O2S. The Kier molecular flexibility index (Phi) is 4.27. The molecule has 0 spiro atoms. The zero-order valence-corrected chi connectivity index (χ0v) is 11.4. The van der Waals surface area contributed by atoms with Crippen LogP contribution in [0, 0.1) is 0 Å². The minimum absolute atomic E-state index is 0.225. The molecule has 0 bridgehead atoms. The molecule has 0 saturated carbocycles. The van der Waals surface area contributed by atoms with E-state index >= 15 is 0 Å². The molecule has 5 nitrogen and oxygen atoms in total. The van der Waals surface area contributed by atoms with E-state index in [0.29, 0.717) is 11.5 Å². The smallest absolute Gasteiger partial charge is 0.268 e. The first-order chi connectivity index (χ1) is 9.56. The molecule has 1 aromatic heterocycles. The second-order valence-electron chi connectivity index (χ2n) is 4.18. The van der Waals surface area contributed by atoms with E-state index in [-0.39, 0.29) is 17.2 Å². The van der Waals surface area contributed by atoms with E-state index in [1.165, 1.54) is 12.1 Å². The number of hydrogen-bond acceptors (Lipinski definition) is 3. The monoisotopic (exact) mass is 287 g/mol. The molecule has 2 rings (SSSR count). The Balaban J connectivity index is 2.05. The van der Waals surface area contributed by atoms with Gasteiger partial charge >= 0.3 is 0 Å². The van der Waals surface area contributed by atoms with Gasteiger partial charge in [-0.1, -0.05) is 36.5 Å². The van der Waals surface area contributed by atoms with E-state index in [1.54, 1.807) is 6.07 Å². The van der Waals surface area contributed by atoms with Crippen molar-refractivity contribution in [2.24, 2.45) is 5.73 Å². The lowest BCUT2D eigenvalue weighted by Gasteiger charge is -2.06. The summed E-state index contributed by atoms with van der Waals surface area (Å²) in [6.45, 7) is 0.326. The quantitative estimate of drug-likeness (QED) is 0.730. The van der Waals surface area contributed by atoms with Gasteiger partial charge in [-0.05, 0) is 17.7 Å². The molecule has 102 valence electrons. The van der Waals surface area contributed by atoms with Crippen molar-refractivity contribution in [1.82, 2.24) is 10.3 Å². The molecule has 2 aromatic rings. The predicted molar refractivity (Wildman–Crippen MR) is 80.6 cm³/mol. The number of nitrogens with two attached hydrogens (primary N) is 1. The summed E-state index contributed by atoms with van der Waals surface area (Å²) >= 11 is 4.90. The number of rotatable bonds is 4. The number of pyridine rings is 1. The average Bonchev–Trinajstić information content (AvgIpc) is 2.45. The third kappa shape index (κ3) is 3.52. The van der Waals surface area contributed by atoms with Gasteiger partial charge in [-0.25, -0.2) is 0 Å². The molecule has 1 heterocycles. The maximum atomic E-state index is 11.9. The van der Waals surface area contributed by atoms with Gasteiger partial charge in [-0.3, -0.25) is 9.59 Å². The van der Waals surface area contributed by atoms with Crippen LogP contribution in [0.1, 0.15) is 21.6 Å². The molecule has 0 aliphatic rings. The molecule has 1 amide bonds. The Labute approximate surface area is 120 Å². The number of carbonyl (C=O) groups is 1. The van der Waals surface area contributed by atoms with Gasteiger partial charge in [0.15, 0.2) is 0 Å². The topological polar surface area (TPSA) is 88.0 Å². The molecule has 0 unspecified atom stereocenters. The van der Waals surface area contributed by atoms with Gasteiger partial charge in [0.25, 0.3) is 5.91 Å². The number of nitrogens with one attached hydrogen (secondary N) is 2. The van der Waals surface area contributed by atoms with E-state index in [1.807, 2.05) is 24.3 Å². The first-order valence-corrected chi connectivity index (χ1v) is 6.33. The number of aromatic nitrogens is 1. The van der Waals surface area contributed by atoms with Crippen LogP contribution in [0.4, 0.5) is 0 Å². The summed E-state index contributed by atoms with van der Waals surface area (Å²) in [5.41, 5.74) is 7.09. The van der Waals surface area contributed by atoms with Crippen molar-refractivity contribution in [2.75, 3.05) is 0 Å². The van der Waals surface area contributed by atoms with Crippen LogP contribution >= 0.6 is 12.2 Å². The molecule has 0 atom stereocenters. The van der Waals surface area contributed by atoms with Crippen molar-refractivity contribution in [2.45, 2.75) is 6.54 Å². The van der Waals surface area contributed by atoms with E-state index < -0.39 is 0 Å². The van der Waals surface area contributed by atoms with Crippen molar-refractivity contribution in [3.63, 3.8) is 0 Å². The van der Waals surface area contributed by atoms with Crippen molar-refractivity contribution >= 4 is 23.1 Å². The lowest BCUT2D eigenvalue weighted by molar-refractivity contribution is 0.0945. The van der Waals surface area contributed by atoms with Crippen LogP contribution in [0.5, 0.6) is 0 Å². The van der Waals surface area contributed by atoms with Crippen LogP contribution in [-0.4, -0.2) is 15.9 Å². The van der Waals surface area contributed by atoms with Gasteiger partial charge < -0.3 is 16.0 Å². The Morgan fingerprint density at radius 3 is 2.70 bits per heavy atom. The second-order valence-corrected chi connectivity index (χ2v) is 4.62. The Bertz CT molecular complexity index is 709. The summed E-state index contributed by atoms with van der Waals surface area (Å²) in [6, 6.07) is 11.7. The number of hydrogen-bond donors (Lipinski definition) is 3. The van der Waals surface area contributed by atoms with Crippen molar-refractivity contribution < 1.29 is 4.79 Å². The standard InChI is InChI=1S/C14H13N3O2S/c15-13(20)10-4-1-3-9(7-10)8-16-14(19)11-5-2-6-12(18)17-11/h1-7H,8H2,(H2,15,20)(H,16,19)(H,17,18). The van der Waals surface area contributed by atoms with Crippen LogP contribution in [0.3, 0.4) is 0 Å². The number of H-pyrrole nitrogens is 1. The third-order valence-corrected chi connectivity index (χ3v) is 2.91.